The van der Waals surface area contributed by atoms with Gasteiger partial charge in [-0.25, -0.2) is 18.2 Å². The number of fused-ring (bicyclic) bond motifs is 2. The van der Waals surface area contributed by atoms with Crippen molar-refractivity contribution in [2.75, 3.05) is 97.4 Å². The Morgan fingerprint density at radius 3 is 2.19 bits per heavy atom. The van der Waals surface area contributed by atoms with E-state index in [0.717, 1.165) is 91.2 Å². The van der Waals surface area contributed by atoms with Crippen molar-refractivity contribution in [3.05, 3.63) is 70.9 Å². The number of sulfonamides is 1. The van der Waals surface area contributed by atoms with Crippen molar-refractivity contribution in [1.29, 1.82) is 0 Å². The first-order valence-electron chi connectivity index (χ1n) is 25.0. The Hall–Kier alpha value is -5.06. The molecule has 1 atom stereocenters. The quantitative estimate of drug-likeness (QED) is 0.0546. The lowest BCUT2D eigenvalue weighted by Crippen LogP contribution is -2.49. The van der Waals surface area contributed by atoms with Crippen molar-refractivity contribution in [1.82, 2.24) is 38.2 Å². The van der Waals surface area contributed by atoms with E-state index in [1.54, 1.807) is 28.1 Å². The Labute approximate surface area is 409 Å². The number of imidazole rings is 1. The van der Waals surface area contributed by atoms with Crippen LogP contribution in [-0.2, 0) is 52.0 Å². The summed E-state index contributed by atoms with van der Waals surface area (Å²) in [6.45, 7) is 9.52. The van der Waals surface area contributed by atoms with Gasteiger partial charge in [0.25, 0.3) is 0 Å². The van der Waals surface area contributed by atoms with Crippen LogP contribution >= 0.6 is 0 Å². The van der Waals surface area contributed by atoms with Gasteiger partial charge in [-0.15, -0.1) is 0 Å². The fraction of sp³-hybridized carbons (Fsp3) is 0.580. The van der Waals surface area contributed by atoms with Crippen LogP contribution in [0.2, 0.25) is 0 Å². The summed E-state index contributed by atoms with van der Waals surface area (Å²) in [5.74, 6) is -0.162. The molecule has 3 fully saturated rings. The molecule has 3 N–H and O–H groups in total. The summed E-state index contributed by atoms with van der Waals surface area (Å²) in [6, 6.07) is 12.5. The molecule has 0 spiro atoms. The SMILES string of the molecule is CCCCNc1ncc2c(-c3ccc(S(=O)(=O)N4CCN(CCOCCOCCOCCOCCCc5ccc6c(c5)n(C)c(=O)n6C5CCC(=O)NC5=O)CC4)cc3)cn([C@H]3CC[C@H](O)CC3)c2n1. The second kappa shape index (κ2) is 24.4. The van der Waals surface area contributed by atoms with Gasteiger partial charge in [-0.2, -0.15) is 9.29 Å². The smallest absolute Gasteiger partial charge is 0.329 e. The zero-order chi connectivity index (χ0) is 49.0. The molecule has 19 nitrogen and oxygen atoms in total. The molecule has 1 unspecified atom stereocenters. The molecular weight excluding hydrogens is 919 g/mol. The van der Waals surface area contributed by atoms with Gasteiger partial charge >= 0.3 is 5.69 Å². The lowest BCUT2D eigenvalue weighted by Gasteiger charge is -2.33. The third-order valence-electron chi connectivity index (χ3n) is 13.7. The van der Waals surface area contributed by atoms with Crippen LogP contribution in [0.25, 0.3) is 33.2 Å². The maximum Gasteiger partial charge on any atom is 0.329 e. The zero-order valence-electron chi connectivity index (χ0n) is 40.6. The highest BCUT2D eigenvalue weighted by Gasteiger charge is 2.32. The monoisotopic (exact) mass is 987 g/mol. The number of anilines is 1. The van der Waals surface area contributed by atoms with Crippen LogP contribution in [-0.4, -0.2) is 156 Å². The molecule has 5 aromatic rings. The third-order valence-corrected chi connectivity index (χ3v) is 15.6. The number of nitrogens with zero attached hydrogens (tertiary/aromatic N) is 7. The first-order valence-corrected chi connectivity index (χ1v) is 26.4. The van der Waals surface area contributed by atoms with E-state index < -0.39 is 22.0 Å². The molecule has 3 aromatic heterocycles. The maximum absolute atomic E-state index is 13.8. The molecular formula is C50H69N9O10S. The first-order chi connectivity index (χ1) is 34.0. The van der Waals surface area contributed by atoms with Crippen molar-refractivity contribution in [3.63, 3.8) is 0 Å². The highest BCUT2D eigenvalue weighted by Crippen LogP contribution is 2.37. The normalized spacial score (nSPS) is 19.6. The summed E-state index contributed by atoms with van der Waals surface area (Å²) in [5, 5.41) is 16.8. The van der Waals surface area contributed by atoms with Crippen molar-refractivity contribution in [3.8, 4) is 11.1 Å². The lowest BCUT2D eigenvalue weighted by atomic mass is 9.93. The molecule has 70 heavy (non-hydrogen) atoms. The van der Waals surface area contributed by atoms with Crippen molar-refractivity contribution < 1.29 is 42.1 Å². The summed E-state index contributed by atoms with van der Waals surface area (Å²) < 4.78 is 57.2. The van der Waals surface area contributed by atoms with Gasteiger partial charge < -0.3 is 33.9 Å². The summed E-state index contributed by atoms with van der Waals surface area (Å²) in [7, 11) is -1.98. The Morgan fingerprint density at radius 2 is 1.50 bits per heavy atom. The topological polar surface area (TPSA) is 214 Å². The molecule has 1 aliphatic carbocycles. The van der Waals surface area contributed by atoms with Crippen molar-refractivity contribution in [2.24, 2.45) is 7.05 Å². The van der Waals surface area contributed by atoms with E-state index in [9.17, 15) is 27.9 Å². The summed E-state index contributed by atoms with van der Waals surface area (Å²) in [5.41, 5.74) is 4.90. The first kappa shape index (κ1) is 51.3. The molecule has 2 aliphatic heterocycles. The number of unbranched alkanes of at least 4 members (excludes halogenated alkanes) is 1. The predicted molar refractivity (Wildman–Crippen MR) is 265 cm³/mol. The highest BCUT2D eigenvalue weighted by molar-refractivity contribution is 7.89. The molecule has 0 bridgehead atoms. The summed E-state index contributed by atoms with van der Waals surface area (Å²) in [6.07, 6.45) is 11.1. The number of nitrogens with one attached hydrogen (secondary N) is 2. The number of aryl methyl sites for hydroxylation is 2. The number of ether oxygens (including phenoxy) is 4. The summed E-state index contributed by atoms with van der Waals surface area (Å²) in [4.78, 5) is 49.1. The van der Waals surface area contributed by atoms with E-state index in [0.29, 0.717) is 103 Å². The van der Waals surface area contributed by atoms with Gasteiger partial charge in [0.1, 0.15) is 11.7 Å². The van der Waals surface area contributed by atoms with E-state index in [1.807, 2.05) is 36.5 Å². The highest BCUT2D eigenvalue weighted by atomic mass is 32.2. The van der Waals surface area contributed by atoms with Crippen LogP contribution in [0.4, 0.5) is 5.95 Å². The molecule has 380 valence electrons. The Morgan fingerprint density at radius 1 is 0.814 bits per heavy atom. The number of carbonyl (C=O) groups is 2. The Kier molecular flexibility index (Phi) is 17.9. The lowest BCUT2D eigenvalue weighted by molar-refractivity contribution is -0.135. The second-order valence-electron chi connectivity index (χ2n) is 18.4. The van der Waals surface area contributed by atoms with Crippen LogP contribution in [0.1, 0.15) is 82.4 Å². The summed E-state index contributed by atoms with van der Waals surface area (Å²) >= 11 is 0. The van der Waals surface area contributed by atoms with E-state index in [4.69, 9.17) is 23.9 Å². The molecule has 0 radical (unpaired) electrons. The van der Waals surface area contributed by atoms with Gasteiger partial charge in [0, 0.05) is 88.7 Å². The minimum Gasteiger partial charge on any atom is -0.393 e. The van der Waals surface area contributed by atoms with E-state index in [1.165, 1.54) is 4.57 Å². The van der Waals surface area contributed by atoms with Crippen molar-refractivity contribution >= 4 is 49.9 Å². The van der Waals surface area contributed by atoms with Gasteiger partial charge in [-0.1, -0.05) is 31.5 Å². The minimum atomic E-state index is -3.68. The number of hydrogen-bond acceptors (Lipinski definition) is 14. The molecule has 2 aromatic carbocycles. The predicted octanol–water partition coefficient (Wildman–Crippen LogP) is 4.42. The molecule has 2 saturated heterocycles. The number of piperazine rings is 1. The molecule has 5 heterocycles. The standard InChI is InChI=1S/C50H69N9O10S/c1-3-4-19-51-49-52-34-41-42(35-58(47(41)54-49)38-10-12-39(60)13-11-38)37-8-14-40(15-9-37)70(64,65)57-22-20-56(21-23-57)24-26-67-28-30-69-32-31-68-29-27-66-25-5-6-36-7-16-43-45(33-36)55(2)50(63)59(43)44-17-18-46(61)53-48(44)62/h7-9,14-16,33-35,38-39,44,60H,3-6,10-13,17-32H2,1-2H3,(H,51,52,54)(H,53,61,62)/t38-,39-,44?. The number of imide groups is 1. The van der Waals surface area contributed by atoms with Crippen molar-refractivity contribution in [2.45, 2.75) is 94.2 Å². The van der Waals surface area contributed by atoms with Crippen LogP contribution in [0.5, 0.6) is 0 Å². The fourth-order valence-electron chi connectivity index (χ4n) is 9.61. The molecule has 8 rings (SSSR count). The van der Waals surface area contributed by atoms with Gasteiger partial charge in [0.15, 0.2) is 0 Å². The maximum atomic E-state index is 13.8. The van der Waals surface area contributed by atoms with Gasteiger partial charge in [0.05, 0.1) is 68.3 Å². The number of benzene rings is 2. The number of aliphatic hydroxyl groups is 1. The number of rotatable bonds is 25. The van der Waals surface area contributed by atoms with Crippen LogP contribution < -0.4 is 16.3 Å². The van der Waals surface area contributed by atoms with Crippen LogP contribution in [0, 0.1) is 0 Å². The largest absolute Gasteiger partial charge is 0.393 e. The number of hydrogen-bond donors (Lipinski definition) is 3. The molecule has 20 heteroatoms. The Balaban J connectivity index is 0.675. The van der Waals surface area contributed by atoms with E-state index in [-0.39, 0.29) is 35.1 Å². The van der Waals surface area contributed by atoms with Crippen LogP contribution in [0.3, 0.4) is 0 Å². The number of aromatic nitrogens is 5. The van der Waals surface area contributed by atoms with Gasteiger partial charge in [0.2, 0.25) is 27.8 Å². The zero-order valence-corrected chi connectivity index (χ0v) is 41.4. The molecule has 3 aliphatic rings. The van der Waals surface area contributed by atoms with E-state index >= 15 is 0 Å². The fourth-order valence-corrected chi connectivity index (χ4v) is 11.0. The average molecular weight is 988 g/mol. The van der Waals surface area contributed by atoms with E-state index in [2.05, 4.69) is 38.2 Å². The minimum absolute atomic E-state index is 0.204. The second-order valence-corrected chi connectivity index (χ2v) is 20.4. The Bertz CT molecular complexity index is 2710. The molecule has 2 amide bonds. The number of aliphatic hydroxyl groups excluding tert-OH is 1. The number of carbonyl (C=O) groups excluding carboxylic acids is 2. The number of piperidine rings is 1. The van der Waals surface area contributed by atoms with Crippen LogP contribution in [0.15, 0.2) is 64.5 Å². The number of amides is 2. The molecule has 1 saturated carbocycles. The van der Waals surface area contributed by atoms with Gasteiger partial charge in [-0.3, -0.25) is 28.9 Å². The third kappa shape index (κ3) is 12.5. The van der Waals surface area contributed by atoms with Gasteiger partial charge in [-0.05, 0) is 86.8 Å². The average Bonchev–Trinajstić information content (AvgIpc) is 3.86.